The van der Waals surface area contributed by atoms with Crippen molar-refractivity contribution in [2.75, 3.05) is 5.32 Å². The lowest BCUT2D eigenvalue weighted by Crippen LogP contribution is -2.44. The fraction of sp³-hybridized carbons (Fsp3) is 0.100. The number of aromatic hydroxyl groups is 1. The number of anilines is 1. The topological polar surface area (TPSA) is 81.6 Å². The largest absolute Gasteiger partial charge is 0.508 e. The summed E-state index contributed by atoms with van der Waals surface area (Å²) < 4.78 is 0. The molecule has 0 saturated carbocycles. The van der Waals surface area contributed by atoms with Crippen LogP contribution in [0.1, 0.15) is 5.56 Å². The summed E-state index contributed by atoms with van der Waals surface area (Å²) in [7, 11) is 0. The summed E-state index contributed by atoms with van der Waals surface area (Å²) in [5, 5.41) is 27.1. The van der Waals surface area contributed by atoms with Crippen LogP contribution in [0.25, 0.3) is 10.8 Å². The summed E-state index contributed by atoms with van der Waals surface area (Å²) in [6, 6.07) is 19.3. The highest BCUT2D eigenvalue weighted by molar-refractivity contribution is 7.80. The first-order valence-electron chi connectivity index (χ1n) is 8.08. The third kappa shape index (κ3) is 4.49. The number of hydrogen-bond donors (Lipinski definition) is 4. The molecule has 3 aromatic carbocycles. The van der Waals surface area contributed by atoms with Gasteiger partial charge >= 0.3 is 5.97 Å². The minimum atomic E-state index is -0.999. The van der Waals surface area contributed by atoms with Gasteiger partial charge in [-0.2, -0.15) is 0 Å². The molecule has 3 aromatic rings. The van der Waals surface area contributed by atoms with Crippen molar-refractivity contribution >= 4 is 39.8 Å². The van der Waals surface area contributed by atoms with E-state index >= 15 is 0 Å². The van der Waals surface area contributed by atoms with E-state index in [2.05, 4.69) is 10.6 Å². The van der Waals surface area contributed by atoms with Gasteiger partial charge in [0.05, 0.1) is 0 Å². The average Bonchev–Trinajstić information content (AvgIpc) is 2.62. The molecule has 5 nitrogen and oxygen atoms in total. The van der Waals surface area contributed by atoms with Crippen LogP contribution in [0.4, 0.5) is 5.69 Å². The Kier molecular flexibility index (Phi) is 5.34. The number of hydrogen-bond acceptors (Lipinski definition) is 3. The van der Waals surface area contributed by atoms with E-state index in [9.17, 15) is 15.0 Å². The number of carboxylic acids is 1. The fourth-order valence-electron chi connectivity index (χ4n) is 2.66. The van der Waals surface area contributed by atoms with Gasteiger partial charge in [0.25, 0.3) is 0 Å². The predicted octanol–water partition coefficient (Wildman–Crippen LogP) is 3.53. The maximum absolute atomic E-state index is 11.5. The summed E-state index contributed by atoms with van der Waals surface area (Å²) >= 11 is 5.27. The van der Waals surface area contributed by atoms with Crippen LogP contribution in [0, 0.1) is 0 Å². The van der Waals surface area contributed by atoms with E-state index in [1.807, 2.05) is 42.5 Å². The second-order valence-corrected chi connectivity index (χ2v) is 6.33. The molecule has 0 aliphatic rings. The SMILES string of the molecule is O=C(O)[C@H](Cc1ccc(O)cc1)NC(=S)Nc1ccc2ccccc2c1. The molecule has 0 aliphatic carbocycles. The first kappa shape index (κ1) is 17.7. The number of carbonyl (C=O) groups is 1. The molecule has 0 saturated heterocycles. The second-order valence-electron chi connectivity index (χ2n) is 5.92. The van der Waals surface area contributed by atoms with Crippen LogP contribution in [0.15, 0.2) is 66.7 Å². The van der Waals surface area contributed by atoms with Crippen LogP contribution < -0.4 is 10.6 Å². The van der Waals surface area contributed by atoms with Crippen molar-refractivity contribution in [2.45, 2.75) is 12.5 Å². The molecule has 0 aromatic heterocycles. The Morgan fingerprint density at radius 1 is 1.00 bits per heavy atom. The first-order chi connectivity index (χ1) is 12.5. The number of phenols is 1. The van der Waals surface area contributed by atoms with Crippen LogP contribution >= 0.6 is 12.2 Å². The summed E-state index contributed by atoms with van der Waals surface area (Å²) in [5.41, 5.74) is 1.58. The summed E-state index contributed by atoms with van der Waals surface area (Å²) in [6.45, 7) is 0. The minimum Gasteiger partial charge on any atom is -0.508 e. The third-order valence-electron chi connectivity index (χ3n) is 3.99. The molecule has 0 unspecified atom stereocenters. The van der Waals surface area contributed by atoms with Crippen LogP contribution in [-0.4, -0.2) is 27.3 Å². The van der Waals surface area contributed by atoms with Crippen LogP contribution in [-0.2, 0) is 11.2 Å². The van der Waals surface area contributed by atoms with Gasteiger partial charge in [0, 0.05) is 12.1 Å². The highest BCUT2D eigenvalue weighted by Gasteiger charge is 2.19. The Labute approximate surface area is 156 Å². The number of phenolic OH excluding ortho intramolecular Hbond substituents is 1. The lowest BCUT2D eigenvalue weighted by atomic mass is 10.1. The van der Waals surface area contributed by atoms with Gasteiger partial charge in [0.15, 0.2) is 5.11 Å². The third-order valence-corrected chi connectivity index (χ3v) is 4.21. The summed E-state index contributed by atoms with van der Waals surface area (Å²) in [6.07, 6.45) is 0.245. The van der Waals surface area contributed by atoms with E-state index in [4.69, 9.17) is 12.2 Å². The lowest BCUT2D eigenvalue weighted by Gasteiger charge is -2.18. The van der Waals surface area contributed by atoms with E-state index in [-0.39, 0.29) is 17.3 Å². The van der Waals surface area contributed by atoms with Crippen molar-refractivity contribution in [3.8, 4) is 5.75 Å². The van der Waals surface area contributed by atoms with Gasteiger partial charge in [0.1, 0.15) is 11.8 Å². The number of carboxylic acid groups (broad SMARTS) is 1. The van der Waals surface area contributed by atoms with Gasteiger partial charge in [-0.1, -0.05) is 42.5 Å². The zero-order valence-electron chi connectivity index (χ0n) is 13.8. The van der Waals surface area contributed by atoms with Crippen LogP contribution in [0.2, 0.25) is 0 Å². The maximum atomic E-state index is 11.5. The van der Waals surface area contributed by atoms with Gasteiger partial charge < -0.3 is 20.8 Å². The van der Waals surface area contributed by atoms with Crippen molar-refractivity contribution in [3.63, 3.8) is 0 Å². The Morgan fingerprint density at radius 2 is 1.69 bits per heavy atom. The highest BCUT2D eigenvalue weighted by Crippen LogP contribution is 2.19. The first-order valence-corrected chi connectivity index (χ1v) is 8.49. The molecule has 6 heteroatoms. The molecule has 0 heterocycles. The van der Waals surface area contributed by atoms with Crippen molar-refractivity contribution in [3.05, 3.63) is 72.3 Å². The quantitative estimate of drug-likeness (QED) is 0.517. The Hall–Kier alpha value is -3.12. The molecule has 0 radical (unpaired) electrons. The van der Waals surface area contributed by atoms with Gasteiger partial charge in [-0.25, -0.2) is 4.79 Å². The Balaban J connectivity index is 1.67. The number of fused-ring (bicyclic) bond motifs is 1. The van der Waals surface area contributed by atoms with E-state index in [0.29, 0.717) is 0 Å². The van der Waals surface area contributed by atoms with Crippen molar-refractivity contribution < 1.29 is 15.0 Å². The van der Waals surface area contributed by atoms with E-state index < -0.39 is 12.0 Å². The average molecular weight is 366 g/mol. The molecule has 1 atom stereocenters. The van der Waals surface area contributed by atoms with Crippen molar-refractivity contribution in [2.24, 2.45) is 0 Å². The van der Waals surface area contributed by atoms with E-state index in [1.165, 1.54) is 12.1 Å². The monoisotopic (exact) mass is 366 g/mol. The highest BCUT2D eigenvalue weighted by atomic mass is 32.1. The van der Waals surface area contributed by atoms with E-state index in [1.54, 1.807) is 12.1 Å². The second kappa shape index (κ2) is 7.84. The summed E-state index contributed by atoms with van der Waals surface area (Å²) in [4.78, 5) is 11.5. The molecule has 0 fully saturated rings. The normalized spacial score (nSPS) is 11.7. The number of benzene rings is 3. The molecule has 0 bridgehead atoms. The molecule has 26 heavy (non-hydrogen) atoms. The van der Waals surface area contributed by atoms with E-state index in [0.717, 1.165) is 22.0 Å². The number of thiocarbonyl (C=S) groups is 1. The lowest BCUT2D eigenvalue weighted by molar-refractivity contribution is -0.139. The molecule has 0 spiro atoms. The predicted molar refractivity (Wildman–Crippen MR) is 107 cm³/mol. The smallest absolute Gasteiger partial charge is 0.326 e. The van der Waals surface area contributed by atoms with Crippen LogP contribution in [0.5, 0.6) is 5.75 Å². The zero-order chi connectivity index (χ0) is 18.5. The molecule has 0 aliphatic heterocycles. The van der Waals surface area contributed by atoms with Gasteiger partial charge in [-0.15, -0.1) is 0 Å². The Bertz CT molecular complexity index is 941. The molecule has 4 N–H and O–H groups in total. The van der Waals surface area contributed by atoms with Gasteiger partial charge in [-0.05, 0) is 52.8 Å². The van der Waals surface area contributed by atoms with Gasteiger partial charge in [-0.3, -0.25) is 0 Å². The molecular formula is C20H18N2O3S. The Morgan fingerprint density at radius 3 is 2.38 bits per heavy atom. The minimum absolute atomic E-state index is 0.141. The molecule has 3 rings (SSSR count). The van der Waals surface area contributed by atoms with Gasteiger partial charge in [0.2, 0.25) is 0 Å². The summed E-state index contributed by atoms with van der Waals surface area (Å²) in [5.74, 6) is -0.859. The van der Waals surface area contributed by atoms with Crippen molar-refractivity contribution in [1.82, 2.24) is 5.32 Å². The zero-order valence-corrected chi connectivity index (χ0v) is 14.7. The molecular weight excluding hydrogens is 348 g/mol. The fourth-order valence-corrected chi connectivity index (χ4v) is 2.92. The number of nitrogens with one attached hydrogen (secondary N) is 2. The standard InChI is InChI=1S/C20H18N2O3S/c23-17-9-5-13(6-10-17)11-18(19(24)25)22-20(26)21-16-8-7-14-3-1-2-4-15(14)12-16/h1-10,12,18,23H,11H2,(H,24,25)(H2,21,22,26)/t18-/m0/s1. The van der Waals surface area contributed by atoms with Crippen molar-refractivity contribution in [1.29, 1.82) is 0 Å². The number of aliphatic carboxylic acids is 1. The molecule has 132 valence electrons. The van der Waals surface area contributed by atoms with Crippen LogP contribution in [0.3, 0.4) is 0 Å². The maximum Gasteiger partial charge on any atom is 0.326 e. The molecule has 0 amide bonds. The number of rotatable bonds is 5.